The number of H-pyrrole nitrogens is 1. The standard InChI is InChI=1S/C18H19N5O2S/c24-15-5-10(12-8-20-21-9-12)2-4-14(15)17-22-23-18(26-17)25-16-6-13-3-1-11(16)7-19-13/h2,4-5,8-9,11,13,16,19,24H,1,3,6-7H2,(H,20,21)/t11?,13?,16-/m1/s1. The number of aromatic amines is 1. The number of hydrogen-bond donors (Lipinski definition) is 3. The van der Waals surface area contributed by atoms with Crippen molar-refractivity contribution in [2.24, 2.45) is 5.92 Å². The van der Waals surface area contributed by atoms with Gasteiger partial charge < -0.3 is 15.2 Å². The normalized spacial score (nSPS) is 24.7. The van der Waals surface area contributed by atoms with Crippen molar-refractivity contribution in [1.29, 1.82) is 0 Å². The van der Waals surface area contributed by atoms with E-state index in [1.807, 2.05) is 12.1 Å². The Labute approximate surface area is 154 Å². The molecule has 0 amide bonds. The van der Waals surface area contributed by atoms with Crippen molar-refractivity contribution >= 4 is 11.3 Å². The molecule has 0 spiro atoms. The zero-order valence-corrected chi connectivity index (χ0v) is 14.9. The van der Waals surface area contributed by atoms with Gasteiger partial charge in [0.25, 0.3) is 5.19 Å². The van der Waals surface area contributed by atoms with Crippen LogP contribution in [0.2, 0.25) is 0 Å². The predicted octanol–water partition coefficient (Wildman–Crippen LogP) is 2.82. The fraction of sp³-hybridized carbons (Fsp3) is 0.389. The number of benzene rings is 1. The second kappa shape index (κ2) is 6.37. The van der Waals surface area contributed by atoms with E-state index in [-0.39, 0.29) is 11.9 Å². The molecule has 4 heterocycles. The minimum Gasteiger partial charge on any atom is -0.507 e. The van der Waals surface area contributed by atoms with Gasteiger partial charge in [0.2, 0.25) is 0 Å². The van der Waals surface area contributed by atoms with Gasteiger partial charge in [0, 0.05) is 36.7 Å². The molecule has 2 saturated heterocycles. The van der Waals surface area contributed by atoms with Gasteiger partial charge in [0.1, 0.15) is 11.9 Å². The van der Waals surface area contributed by atoms with Gasteiger partial charge >= 0.3 is 0 Å². The summed E-state index contributed by atoms with van der Waals surface area (Å²) in [6.45, 7) is 1.03. The van der Waals surface area contributed by atoms with Crippen LogP contribution in [0.25, 0.3) is 21.7 Å². The number of aromatic hydroxyl groups is 1. The van der Waals surface area contributed by atoms with Crippen molar-refractivity contribution < 1.29 is 9.84 Å². The number of nitrogens with one attached hydrogen (secondary N) is 2. The summed E-state index contributed by atoms with van der Waals surface area (Å²) in [6.07, 6.45) is 7.21. The quantitative estimate of drug-likeness (QED) is 0.654. The highest BCUT2D eigenvalue weighted by atomic mass is 32.1. The van der Waals surface area contributed by atoms with Crippen LogP contribution in [0.1, 0.15) is 19.3 Å². The van der Waals surface area contributed by atoms with E-state index >= 15 is 0 Å². The summed E-state index contributed by atoms with van der Waals surface area (Å²) in [5, 5.41) is 30.3. The zero-order valence-electron chi connectivity index (χ0n) is 14.1. The summed E-state index contributed by atoms with van der Waals surface area (Å²) >= 11 is 1.38. The molecule has 3 fully saturated rings. The van der Waals surface area contributed by atoms with Crippen LogP contribution in [0.3, 0.4) is 0 Å². The molecule has 26 heavy (non-hydrogen) atoms. The number of fused-ring (bicyclic) bond motifs is 3. The first kappa shape index (κ1) is 15.8. The molecule has 7 nitrogen and oxygen atoms in total. The van der Waals surface area contributed by atoms with Gasteiger partial charge in [-0.05, 0) is 30.5 Å². The van der Waals surface area contributed by atoms with E-state index in [0.29, 0.717) is 27.7 Å². The molecule has 1 aliphatic carbocycles. The molecule has 134 valence electrons. The summed E-state index contributed by atoms with van der Waals surface area (Å²) in [5.41, 5.74) is 2.48. The number of piperidine rings is 2. The second-order valence-corrected chi connectivity index (χ2v) is 7.87. The number of phenols is 1. The molecule has 8 heteroatoms. The van der Waals surface area contributed by atoms with Crippen molar-refractivity contribution in [2.45, 2.75) is 31.4 Å². The van der Waals surface area contributed by atoms with E-state index in [2.05, 4.69) is 25.7 Å². The Kier molecular flexibility index (Phi) is 3.86. The van der Waals surface area contributed by atoms with Gasteiger partial charge in [-0.3, -0.25) is 5.10 Å². The fourth-order valence-electron chi connectivity index (χ4n) is 3.87. The molecular formula is C18H19N5O2S. The maximum atomic E-state index is 10.4. The third kappa shape index (κ3) is 2.85. The van der Waals surface area contributed by atoms with Crippen LogP contribution < -0.4 is 10.1 Å². The number of hydrogen-bond acceptors (Lipinski definition) is 7. The van der Waals surface area contributed by atoms with Crippen LogP contribution in [0, 0.1) is 5.92 Å². The number of nitrogens with zero attached hydrogens (tertiary/aromatic N) is 3. The number of aromatic nitrogens is 4. The topological polar surface area (TPSA) is 96.0 Å². The number of ether oxygens (including phenoxy) is 1. The van der Waals surface area contributed by atoms with Crippen LogP contribution in [0.15, 0.2) is 30.6 Å². The van der Waals surface area contributed by atoms with E-state index < -0.39 is 0 Å². The van der Waals surface area contributed by atoms with Crippen molar-refractivity contribution in [3.05, 3.63) is 30.6 Å². The van der Waals surface area contributed by atoms with Crippen LogP contribution in [-0.4, -0.2) is 44.2 Å². The lowest BCUT2D eigenvalue weighted by atomic mass is 9.79. The van der Waals surface area contributed by atoms with Gasteiger partial charge in [0.15, 0.2) is 5.01 Å². The van der Waals surface area contributed by atoms with Crippen molar-refractivity contribution in [3.63, 3.8) is 0 Å². The highest BCUT2D eigenvalue weighted by Gasteiger charge is 2.37. The van der Waals surface area contributed by atoms with Crippen molar-refractivity contribution in [2.75, 3.05) is 6.54 Å². The van der Waals surface area contributed by atoms with Crippen LogP contribution in [-0.2, 0) is 0 Å². The van der Waals surface area contributed by atoms with Crippen LogP contribution >= 0.6 is 11.3 Å². The molecule has 2 aromatic heterocycles. The average Bonchev–Trinajstić information content (AvgIpc) is 3.35. The maximum absolute atomic E-state index is 10.4. The van der Waals surface area contributed by atoms with Crippen LogP contribution in [0.4, 0.5) is 0 Å². The Hall–Kier alpha value is -2.45. The lowest BCUT2D eigenvalue weighted by molar-refractivity contribution is 0.0408. The van der Waals surface area contributed by atoms with Gasteiger partial charge in [-0.2, -0.15) is 5.10 Å². The minimum absolute atomic E-state index is 0.173. The maximum Gasteiger partial charge on any atom is 0.294 e. The fourth-order valence-corrected chi connectivity index (χ4v) is 4.65. The first-order valence-corrected chi connectivity index (χ1v) is 9.64. The smallest absolute Gasteiger partial charge is 0.294 e. The summed E-state index contributed by atoms with van der Waals surface area (Å²) in [6, 6.07) is 6.08. The molecule has 3 aliphatic rings. The number of rotatable bonds is 4. The van der Waals surface area contributed by atoms with Gasteiger partial charge in [-0.25, -0.2) is 0 Å². The zero-order chi connectivity index (χ0) is 17.5. The van der Waals surface area contributed by atoms with Crippen LogP contribution in [0.5, 0.6) is 10.9 Å². The highest BCUT2D eigenvalue weighted by Crippen LogP contribution is 2.38. The molecule has 3 N–H and O–H groups in total. The lowest BCUT2D eigenvalue weighted by Gasteiger charge is -2.42. The molecule has 3 atom stereocenters. The number of phenolic OH excluding ortho intramolecular Hbond substituents is 1. The van der Waals surface area contributed by atoms with Gasteiger partial charge in [-0.1, -0.05) is 22.5 Å². The van der Waals surface area contributed by atoms with Gasteiger partial charge in [-0.15, -0.1) is 5.10 Å². The van der Waals surface area contributed by atoms with E-state index in [4.69, 9.17) is 4.74 Å². The summed E-state index contributed by atoms with van der Waals surface area (Å²) in [5.74, 6) is 0.724. The Morgan fingerprint density at radius 1 is 1.19 bits per heavy atom. The van der Waals surface area contributed by atoms with Crippen molar-refractivity contribution in [1.82, 2.24) is 25.7 Å². The summed E-state index contributed by atoms with van der Waals surface area (Å²) in [7, 11) is 0. The Morgan fingerprint density at radius 3 is 2.85 bits per heavy atom. The van der Waals surface area contributed by atoms with E-state index in [0.717, 1.165) is 24.1 Å². The molecule has 6 rings (SSSR count). The molecule has 0 radical (unpaired) electrons. The van der Waals surface area contributed by atoms with E-state index in [1.54, 1.807) is 18.5 Å². The third-order valence-electron chi connectivity index (χ3n) is 5.32. The summed E-state index contributed by atoms with van der Waals surface area (Å²) < 4.78 is 6.12. The van der Waals surface area contributed by atoms with Gasteiger partial charge in [0.05, 0.1) is 11.8 Å². The molecule has 2 bridgehead atoms. The molecule has 3 aromatic rings. The Bertz CT molecular complexity index is 902. The molecule has 1 saturated carbocycles. The first-order chi connectivity index (χ1) is 12.8. The third-order valence-corrected chi connectivity index (χ3v) is 6.16. The molecule has 2 unspecified atom stereocenters. The first-order valence-electron chi connectivity index (χ1n) is 8.82. The minimum atomic E-state index is 0.173. The molecule has 2 aliphatic heterocycles. The lowest BCUT2D eigenvalue weighted by Crippen LogP contribution is -2.53. The van der Waals surface area contributed by atoms with E-state index in [9.17, 15) is 5.11 Å². The highest BCUT2D eigenvalue weighted by molar-refractivity contribution is 7.16. The monoisotopic (exact) mass is 369 g/mol. The van der Waals surface area contributed by atoms with E-state index in [1.165, 1.54) is 24.2 Å². The summed E-state index contributed by atoms with van der Waals surface area (Å²) in [4.78, 5) is 0. The largest absolute Gasteiger partial charge is 0.507 e. The molecular weight excluding hydrogens is 350 g/mol. The van der Waals surface area contributed by atoms with Crippen molar-refractivity contribution in [3.8, 4) is 32.6 Å². The molecule has 1 aromatic carbocycles. The predicted molar refractivity (Wildman–Crippen MR) is 98.1 cm³/mol. The second-order valence-electron chi connectivity index (χ2n) is 6.93. The average molecular weight is 369 g/mol. The Balaban J connectivity index is 1.35. The Morgan fingerprint density at radius 2 is 2.15 bits per heavy atom. The SMILES string of the molecule is Oc1cc(-c2cn[nH]c2)ccc1-c1nnc(O[C@@H]2CC3CCC2CN3)s1.